The van der Waals surface area contributed by atoms with Crippen LogP contribution in [-0.2, 0) is 4.79 Å². The van der Waals surface area contributed by atoms with Gasteiger partial charge in [0, 0.05) is 11.7 Å². The first-order chi connectivity index (χ1) is 9.10. The van der Waals surface area contributed by atoms with E-state index in [4.69, 9.17) is 5.26 Å². The van der Waals surface area contributed by atoms with E-state index >= 15 is 0 Å². The Bertz CT molecular complexity index is 443. The second kappa shape index (κ2) is 7.55. The summed E-state index contributed by atoms with van der Waals surface area (Å²) in [4.78, 5) is 14.0. The summed E-state index contributed by atoms with van der Waals surface area (Å²) < 4.78 is 0. The van der Waals surface area contributed by atoms with Gasteiger partial charge in [-0.15, -0.1) is 0 Å². The molecular formula is C15H21N3O. The molecule has 0 aliphatic rings. The van der Waals surface area contributed by atoms with Crippen LogP contribution in [0.2, 0.25) is 0 Å². The number of hydrogen-bond donors (Lipinski definition) is 1. The van der Waals surface area contributed by atoms with Gasteiger partial charge in [-0.2, -0.15) is 5.26 Å². The molecule has 1 N–H and O–H groups in total. The van der Waals surface area contributed by atoms with E-state index in [1.807, 2.05) is 13.1 Å². The Morgan fingerprint density at radius 2 is 1.89 bits per heavy atom. The Morgan fingerprint density at radius 3 is 2.37 bits per heavy atom. The van der Waals surface area contributed by atoms with E-state index in [0.29, 0.717) is 18.2 Å². The smallest absolute Gasteiger partial charge is 0.238 e. The zero-order valence-electron chi connectivity index (χ0n) is 11.8. The number of carbonyl (C=O) groups is 1. The van der Waals surface area contributed by atoms with Crippen LogP contribution >= 0.6 is 0 Å². The van der Waals surface area contributed by atoms with E-state index in [0.717, 1.165) is 18.5 Å². The molecule has 0 fully saturated rings. The fourth-order valence-electron chi connectivity index (χ4n) is 2.10. The van der Waals surface area contributed by atoms with E-state index in [1.165, 1.54) is 0 Å². The lowest BCUT2D eigenvalue weighted by atomic mass is 10.1. The summed E-state index contributed by atoms with van der Waals surface area (Å²) in [6.45, 7) is 4.64. The van der Waals surface area contributed by atoms with Crippen LogP contribution in [0.15, 0.2) is 24.3 Å². The predicted molar refractivity (Wildman–Crippen MR) is 76.8 cm³/mol. The van der Waals surface area contributed by atoms with E-state index in [-0.39, 0.29) is 5.91 Å². The second-order valence-electron chi connectivity index (χ2n) is 4.62. The first kappa shape index (κ1) is 15.2. The first-order valence-corrected chi connectivity index (χ1v) is 6.61. The number of benzene rings is 1. The van der Waals surface area contributed by atoms with Gasteiger partial charge in [0.1, 0.15) is 0 Å². The van der Waals surface area contributed by atoms with Crippen LogP contribution in [0.1, 0.15) is 32.3 Å². The highest BCUT2D eigenvalue weighted by Crippen LogP contribution is 2.10. The standard InChI is InChI=1S/C15H21N3O/c1-4-14(5-2)18(3)11-15(19)17-13-8-6-12(10-16)7-9-13/h6-9,14H,4-5,11H2,1-3H3,(H,17,19). The molecule has 0 atom stereocenters. The maximum Gasteiger partial charge on any atom is 0.238 e. The highest BCUT2D eigenvalue weighted by Gasteiger charge is 2.13. The van der Waals surface area contributed by atoms with Crippen LogP contribution in [0.3, 0.4) is 0 Å². The van der Waals surface area contributed by atoms with Crippen LogP contribution in [-0.4, -0.2) is 30.4 Å². The summed E-state index contributed by atoms with van der Waals surface area (Å²) in [5, 5.41) is 11.5. The number of carbonyl (C=O) groups excluding carboxylic acids is 1. The summed E-state index contributed by atoms with van der Waals surface area (Å²) >= 11 is 0. The van der Waals surface area contributed by atoms with Crippen LogP contribution in [0, 0.1) is 11.3 Å². The first-order valence-electron chi connectivity index (χ1n) is 6.61. The average molecular weight is 259 g/mol. The minimum Gasteiger partial charge on any atom is -0.325 e. The van der Waals surface area contributed by atoms with Gasteiger partial charge in [-0.05, 0) is 44.2 Å². The van der Waals surface area contributed by atoms with Crippen molar-refractivity contribution in [2.75, 3.05) is 18.9 Å². The Kier molecular flexibility index (Phi) is 6.04. The number of likely N-dealkylation sites (N-methyl/N-ethyl adjacent to an activating group) is 1. The molecule has 0 saturated heterocycles. The minimum absolute atomic E-state index is 0.0286. The summed E-state index contributed by atoms with van der Waals surface area (Å²) in [5.41, 5.74) is 1.31. The Morgan fingerprint density at radius 1 is 1.32 bits per heavy atom. The van der Waals surface area contributed by atoms with Crippen molar-refractivity contribution in [3.8, 4) is 6.07 Å². The topological polar surface area (TPSA) is 56.1 Å². The lowest BCUT2D eigenvalue weighted by molar-refractivity contribution is -0.117. The van der Waals surface area contributed by atoms with E-state index in [2.05, 4.69) is 24.1 Å². The monoisotopic (exact) mass is 259 g/mol. The molecule has 4 heteroatoms. The van der Waals surface area contributed by atoms with Crippen LogP contribution < -0.4 is 5.32 Å². The zero-order valence-corrected chi connectivity index (χ0v) is 11.8. The third-order valence-electron chi connectivity index (χ3n) is 3.26. The molecular weight excluding hydrogens is 238 g/mol. The van der Waals surface area contributed by atoms with Gasteiger partial charge in [0.2, 0.25) is 5.91 Å². The number of amides is 1. The van der Waals surface area contributed by atoms with Crippen molar-refractivity contribution in [1.29, 1.82) is 5.26 Å². The molecule has 0 saturated carbocycles. The number of nitrogens with zero attached hydrogens (tertiary/aromatic N) is 2. The number of nitriles is 1. The molecule has 102 valence electrons. The normalized spacial score (nSPS) is 10.5. The Hall–Kier alpha value is -1.86. The molecule has 0 radical (unpaired) electrons. The van der Waals surface area contributed by atoms with Crippen molar-refractivity contribution in [1.82, 2.24) is 4.90 Å². The van der Waals surface area contributed by atoms with Gasteiger partial charge in [0.05, 0.1) is 18.2 Å². The Labute approximate surface area is 115 Å². The summed E-state index contributed by atoms with van der Waals surface area (Å²) in [7, 11) is 1.97. The highest BCUT2D eigenvalue weighted by atomic mass is 16.2. The molecule has 0 spiro atoms. The van der Waals surface area contributed by atoms with E-state index < -0.39 is 0 Å². The quantitative estimate of drug-likeness (QED) is 0.854. The molecule has 0 aromatic heterocycles. The third kappa shape index (κ3) is 4.72. The second-order valence-corrected chi connectivity index (χ2v) is 4.62. The van der Waals surface area contributed by atoms with Gasteiger partial charge in [-0.3, -0.25) is 9.69 Å². The van der Waals surface area contributed by atoms with Gasteiger partial charge < -0.3 is 5.32 Å². The van der Waals surface area contributed by atoms with Gasteiger partial charge in [-0.1, -0.05) is 13.8 Å². The van der Waals surface area contributed by atoms with Crippen molar-refractivity contribution in [3.63, 3.8) is 0 Å². The summed E-state index contributed by atoms with van der Waals surface area (Å²) in [5.74, 6) is -0.0286. The van der Waals surface area contributed by atoms with Crippen LogP contribution in [0.4, 0.5) is 5.69 Å². The maximum absolute atomic E-state index is 11.9. The fraction of sp³-hybridized carbons (Fsp3) is 0.467. The minimum atomic E-state index is -0.0286. The van der Waals surface area contributed by atoms with Crippen molar-refractivity contribution < 1.29 is 4.79 Å². The lowest BCUT2D eigenvalue weighted by Crippen LogP contribution is -2.37. The molecule has 0 aliphatic heterocycles. The summed E-state index contributed by atoms with van der Waals surface area (Å²) in [6.07, 6.45) is 2.08. The molecule has 1 amide bonds. The number of anilines is 1. The molecule has 4 nitrogen and oxygen atoms in total. The maximum atomic E-state index is 11.9. The molecule has 1 aromatic rings. The molecule has 1 rings (SSSR count). The number of rotatable bonds is 6. The van der Waals surface area contributed by atoms with Gasteiger partial charge in [-0.25, -0.2) is 0 Å². The van der Waals surface area contributed by atoms with Gasteiger partial charge >= 0.3 is 0 Å². The van der Waals surface area contributed by atoms with Crippen molar-refractivity contribution in [2.45, 2.75) is 32.7 Å². The number of hydrogen-bond acceptors (Lipinski definition) is 3. The number of nitrogens with one attached hydrogen (secondary N) is 1. The molecule has 0 bridgehead atoms. The average Bonchev–Trinajstić information content (AvgIpc) is 2.40. The van der Waals surface area contributed by atoms with Crippen LogP contribution in [0.5, 0.6) is 0 Å². The molecule has 1 aromatic carbocycles. The largest absolute Gasteiger partial charge is 0.325 e. The zero-order chi connectivity index (χ0) is 14.3. The predicted octanol–water partition coefficient (Wildman–Crippen LogP) is 2.62. The summed E-state index contributed by atoms with van der Waals surface area (Å²) in [6, 6.07) is 9.36. The molecule has 0 aliphatic carbocycles. The van der Waals surface area contributed by atoms with Gasteiger partial charge in [0.15, 0.2) is 0 Å². The van der Waals surface area contributed by atoms with Crippen molar-refractivity contribution in [2.24, 2.45) is 0 Å². The fourth-order valence-corrected chi connectivity index (χ4v) is 2.10. The van der Waals surface area contributed by atoms with E-state index in [9.17, 15) is 4.79 Å². The SMILES string of the molecule is CCC(CC)N(C)CC(=O)Nc1ccc(C#N)cc1. The molecule has 0 unspecified atom stereocenters. The third-order valence-corrected chi connectivity index (χ3v) is 3.26. The highest BCUT2D eigenvalue weighted by molar-refractivity contribution is 5.92. The molecule has 19 heavy (non-hydrogen) atoms. The van der Waals surface area contributed by atoms with Crippen molar-refractivity contribution in [3.05, 3.63) is 29.8 Å². The van der Waals surface area contributed by atoms with Gasteiger partial charge in [0.25, 0.3) is 0 Å². The Balaban J connectivity index is 2.53. The molecule has 0 heterocycles. The van der Waals surface area contributed by atoms with E-state index in [1.54, 1.807) is 24.3 Å². The van der Waals surface area contributed by atoms with Crippen LogP contribution in [0.25, 0.3) is 0 Å². The lowest BCUT2D eigenvalue weighted by Gasteiger charge is -2.25. The van der Waals surface area contributed by atoms with Crippen molar-refractivity contribution >= 4 is 11.6 Å².